The lowest BCUT2D eigenvalue weighted by Gasteiger charge is -2.31. The average molecular weight is 328 g/mol. The van der Waals surface area contributed by atoms with Crippen molar-refractivity contribution in [3.05, 3.63) is 65.6 Å². The highest BCUT2D eigenvalue weighted by molar-refractivity contribution is 6.57. The number of methoxy groups -OCH3 is 2. The fourth-order valence-corrected chi connectivity index (χ4v) is 3.27. The minimum absolute atomic E-state index is 0.474. The molecule has 0 unspecified atom stereocenters. The number of aromatic nitrogens is 1. The van der Waals surface area contributed by atoms with Crippen molar-refractivity contribution in [1.29, 1.82) is 0 Å². The van der Waals surface area contributed by atoms with E-state index in [1.54, 1.807) is 44.6 Å². The Bertz CT molecular complexity index is 906. The molecule has 0 amide bonds. The van der Waals surface area contributed by atoms with Crippen LogP contribution in [-0.4, -0.2) is 36.4 Å². The summed E-state index contributed by atoms with van der Waals surface area (Å²) in [5.41, 5.74) is 2.43. The largest absolute Gasteiger partial charge is 0.737 e. The Kier molecular flexibility index (Phi) is 3.13. The molecule has 1 aromatic heterocycles. The van der Waals surface area contributed by atoms with E-state index >= 15 is 0 Å². The first-order chi connectivity index (χ1) is 11.6. The standard InChI is InChI=1S/C17H15BF2N2O2/c1-23-13-9-12(10-14(11-13)24-2)17-15-5-3-7-21(15)18(19,20)22-8-4-6-16(17)22/h3-11H,1-2H3. The minimum Gasteiger partial charge on any atom is -0.497 e. The van der Waals surface area contributed by atoms with E-state index in [0.29, 0.717) is 22.9 Å². The number of hydrogen-bond acceptors (Lipinski definition) is 2. The summed E-state index contributed by atoms with van der Waals surface area (Å²) in [6, 6.07) is 8.73. The average Bonchev–Trinajstić information content (AvgIpc) is 3.25. The van der Waals surface area contributed by atoms with Gasteiger partial charge in [-0.3, -0.25) is 0 Å². The third kappa shape index (κ3) is 1.94. The highest BCUT2D eigenvalue weighted by atomic mass is 19.2. The van der Waals surface area contributed by atoms with Gasteiger partial charge in [-0.25, -0.2) is 0 Å². The monoisotopic (exact) mass is 328 g/mol. The van der Waals surface area contributed by atoms with Gasteiger partial charge in [-0.1, -0.05) is 0 Å². The first-order valence-electron chi connectivity index (χ1n) is 7.53. The van der Waals surface area contributed by atoms with Crippen LogP contribution < -0.4 is 9.47 Å². The van der Waals surface area contributed by atoms with Crippen molar-refractivity contribution in [2.75, 3.05) is 14.2 Å². The van der Waals surface area contributed by atoms with Crippen LogP contribution in [0.25, 0.3) is 5.57 Å². The van der Waals surface area contributed by atoms with Crippen molar-refractivity contribution in [3.8, 4) is 11.5 Å². The second kappa shape index (κ2) is 5.09. The Morgan fingerprint density at radius 2 is 1.79 bits per heavy atom. The number of ether oxygens (including phenoxy) is 2. The summed E-state index contributed by atoms with van der Waals surface area (Å²) in [6.45, 7) is -3.89. The summed E-state index contributed by atoms with van der Waals surface area (Å²) in [4.78, 5) is 0. The van der Waals surface area contributed by atoms with Crippen LogP contribution in [-0.2, 0) is 0 Å². The minimum atomic E-state index is -3.89. The highest BCUT2D eigenvalue weighted by Gasteiger charge is 2.51. The van der Waals surface area contributed by atoms with Gasteiger partial charge >= 0.3 is 6.97 Å². The molecule has 3 heterocycles. The van der Waals surface area contributed by atoms with Crippen molar-refractivity contribution in [2.24, 2.45) is 0 Å². The number of benzene rings is 1. The molecule has 0 spiro atoms. The molecule has 24 heavy (non-hydrogen) atoms. The zero-order valence-corrected chi connectivity index (χ0v) is 13.2. The van der Waals surface area contributed by atoms with Gasteiger partial charge < -0.3 is 27.1 Å². The smallest absolute Gasteiger partial charge is 0.497 e. The maximum absolute atomic E-state index is 14.8. The molecule has 2 aliphatic rings. The van der Waals surface area contributed by atoms with E-state index in [9.17, 15) is 8.63 Å². The normalized spacial score (nSPS) is 17.4. The van der Waals surface area contributed by atoms with Crippen LogP contribution in [0.4, 0.5) is 8.63 Å². The van der Waals surface area contributed by atoms with Crippen LogP contribution in [0.3, 0.4) is 0 Å². The summed E-state index contributed by atoms with van der Waals surface area (Å²) < 4.78 is 42.2. The van der Waals surface area contributed by atoms with E-state index < -0.39 is 6.97 Å². The quantitative estimate of drug-likeness (QED) is 0.809. The fraction of sp³-hybridized carbons (Fsp3) is 0.118. The Morgan fingerprint density at radius 3 is 2.46 bits per heavy atom. The Labute approximate surface area is 138 Å². The molecule has 4 nitrogen and oxygen atoms in total. The maximum Gasteiger partial charge on any atom is 0.737 e. The molecule has 0 N–H and O–H groups in total. The summed E-state index contributed by atoms with van der Waals surface area (Å²) in [7, 11) is 3.12. The van der Waals surface area contributed by atoms with Crippen molar-refractivity contribution in [3.63, 3.8) is 0 Å². The molecular formula is C17H15BF2N2O2. The molecule has 0 atom stereocenters. The van der Waals surface area contributed by atoms with E-state index in [4.69, 9.17) is 9.47 Å². The first kappa shape index (κ1) is 14.7. The van der Waals surface area contributed by atoms with Gasteiger partial charge in [-0.2, -0.15) is 0 Å². The molecule has 7 heteroatoms. The predicted octanol–water partition coefficient (Wildman–Crippen LogP) is 3.15. The van der Waals surface area contributed by atoms with Gasteiger partial charge in [0.05, 0.1) is 19.8 Å². The van der Waals surface area contributed by atoms with Crippen LogP contribution >= 0.6 is 0 Å². The second-order valence-electron chi connectivity index (χ2n) is 5.67. The zero-order valence-electron chi connectivity index (χ0n) is 13.2. The number of rotatable bonds is 3. The van der Waals surface area contributed by atoms with E-state index in [1.807, 2.05) is 12.1 Å². The van der Waals surface area contributed by atoms with Crippen molar-refractivity contribution >= 4 is 18.8 Å². The summed E-state index contributed by atoms with van der Waals surface area (Å²) >= 11 is 0. The van der Waals surface area contributed by atoms with Crippen LogP contribution in [0, 0.1) is 0 Å². The van der Waals surface area contributed by atoms with Crippen molar-refractivity contribution < 1.29 is 22.6 Å². The zero-order chi connectivity index (χ0) is 16.9. The Hall–Kier alpha value is -2.83. The first-order valence-corrected chi connectivity index (χ1v) is 7.53. The number of allylic oxidation sites excluding steroid dienone is 2. The van der Waals surface area contributed by atoms with Gasteiger partial charge in [0.1, 0.15) is 17.7 Å². The van der Waals surface area contributed by atoms with Gasteiger partial charge in [0.25, 0.3) is 0 Å². The lowest BCUT2D eigenvalue weighted by molar-refractivity contribution is -0.356. The van der Waals surface area contributed by atoms with Gasteiger partial charge in [0.15, 0.2) is 5.70 Å². The second-order valence-corrected chi connectivity index (χ2v) is 5.67. The molecule has 0 saturated heterocycles. The van der Waals surface area contributed by atoms with E-state index in [1.165, 1.54) is 12.4 Å². The van der Waals surface area contributed by atoms with E-state index in [2.05, 4.69) is 0 Å². The van der Waals surface area contributed by atoms with Gasteiger partial charge in [-0.15, -0.1) is 0 Å². The summed E-state index contributed by atoms with van der Waals surface area (Å²) in [6.07, 6.45) is 6.16. The van der Waals surface area contributed by atoms with Crippen LogP contribution in [0.15, 0.2) is 54.4 Å². The van der Waals surface area contributed by atoms with Gasteiger partial charge in [-0.05, 0) is 36.0 Å². The third-order valence-corrected chi connectivity index (χ3v) is 4.38. The summed E-state index contributed by atoms with van der Waals surface area (Å²) in [5.74, 6) is 1.21. The van der Waals surface area contributed by atoms with Gasteiger partial charge in [0.2, 0.25) is 0 Å². The molecule has 0 aliphatic carbocycles. The molecule has 0 radical (unpaired) electrons. The molecule has 1 aromatic carbocycles. The van der Waals surface area contributed by atoms with Crippen LogP contribution in [0.2, 0.25) is 0 Å². The fourth-order valence-electron chi connectivity index (χ4n) is 3.27. The van der Waals surface area contributed by atoms with Gasteiger partial charge in [0, 0.05) is 23.9 Å². The molecule has 2 aromatic rings. The van der Waals surface area contributed by atoms with E-state index in [-0.39, 0.29) is 0 Å². The molecule has 0 fully saturated rings. The number of nitrogens with zero attached hydrogens (tertiary/aromatic N) is 2. The molecule has 4 rings (SSSR count). The lowest BCUT2D eigenvalue weighted by Crippen LogP contribution is -2.49. The molecular weight excluding hydrogens is 313 g/mol. The van der Waals surface area contributed by atoms with Crippen LogP contribution in [0.5, 0.6) is 11.5 Å². The Morgan fingerprint density at radius 1 is 1.08 bits per heavy atom. The number of hydrogen-bond donors (Lipinski definition) is 0. The number of halogens is 2. The molecule has 0 saturated carbocycles. The predicted molar refractivity (Wildman–Crippen MR) is 88.8 cm³/mol. The lowest BCUT2D eigenvalue weighted by atomic mass is 9.86. The molecule has 2 aliphatic heterocycles. The van der Waals surface area contributed by atoms with Crippen LogP contribution in [0.1, 0.15) is 11.3 Å². The van der Waals surface area contributed by atoms with Crippen molar-refractivity contribution in [2.45, 2.75) is 0 Å². The highest BCUT2D eigenvalue weighted by Crippen LogP contribution is 2.40. The van der Waals surface area contributed by atoms with E-state index in [0.717, 1.165) is 20.1 Å². The Balaban J connectivity index is 2.02. The molecule has 0 bridgehead atoms. The summed E-state index contributed by atoms with van der Waals surface area (Å²) in [5, 5.41) is 0. The molecule has 122 valence electrons. The van der Waals surface area contributed by atoms with Crippen molar-refractivity contribution in [1.82, 2.24) is 4.48 Å². The maximum atomic E-state index is 14.8. The number of fused-ring (bicyclic) bond motifs is 2. The SMILES string of the molecule is COc1cc(OC)cc(C2=C3C=CC=[N+]3[B-](F)(F)n3cccc32)c1. The third-order valence-electron chi connectivity index (χ3n) is 4.38. The topological polar surface area (TPSA) is 26.4 Å².